The lowest BCUT2D eigenvalue weighted by Gasteiger charge is -2.31. The van der Waals surface area contributed by atoms with Crippen LogP contribution in [0.1, 0.15) is 36.0 Å². The van der Waals surface area contributed by atoms with Gasteiger partial charge < -0.3 is 19.5 Å². The zero-order valence-electron chi connectivity index (χ0n) is 15.7. The van der Waals surface area contributed by atoms with Gasteiger partial charge in [-0.05, 0) is 43.7 Å². The van der Waals surface area contributed by atoms with Gasteiger partial charge in [-0.25, -0.2) is 4.79 Å². The second-order valence-corrected chi connectivity index (χ2v) is 7.33. The van der Waals surface area contributed by atoms with Gasteiger partial charge in [-0.15, -0.1) is 0 Å². The van der Waals surface area contributed by atoms with Gasteiger partial charge in [0.1, 0.15) is 6.10 Å². The number of ether oxygens (including phenoxy) is 2. The maximum absolute atomic E-state index is 12.8. The molecule has 4 rings (SSSR count). The number of nitrogens with zero attached hydrogens (tertiary/aromatic N) is 2. The number of fused-ring (bicyclic) bond motifs is 2. The third-order valence-electron chi connectivity index (χ3n) is 5.21. The first kappa shape index (κ1) is 21.5. The van der Waals surface area contributed by atoms with Crippen molar-refractivity contribution in [1.29, 1.82) is 0 Å². The summed E-state index contributed by atoms with van der Waals surface area (Å²) in [5.74, 6) is -1.96. The maximum Gasteiger partial charge on any atom is 0.490 e. The van der Waals surface area contributed by atoms with E-state index in [2.05, 4.69) is 4.98 Å². The first-order chi connectivity index (χ1) is 13.8. The van der Waals surface area contributed by atoms with Crippen molar-refractivity contribution in [3.63, 3.8) is 0 Å². The number of pyridine rings is 1. The van der Waals surface area contributed by atoms with Crippen LogP contribution in [0, 0.1) is 5.92 Å². The Hall–Kier alpha value is -2.20. The lowest BCUT2D eigenvalue weighted by atomic mass is 10.1. The van der Waals surface area contributed by atoms with Crippen LogP contribution in [0.15, 0.2) is 24.5 Å². The van der Waals surface area contributed by atoms with Crippen LogP contribution in [0.2, 0.25) is 0 Å². The Morgan fingerprint density at radius 2 is 1.86 bits per heavy atom. The van der Waals surface area contributed by atoms with Gasteiger partial charge in [0.25, 0.3) is 5.91 Å². The quantitative estimate of drug-likeness (QED) is 0.812. The van der Waals surface area contributed by atoms with E-state index >= 15 is 0 Å². The molecule has 0 radical (unpaired) electrons. The van der Waals surface area contributed by atoms with Gasteiger partial charge in [0.15, 0.2) is 0 Å². The fourth-order valence-electron chi connectivity index (χ4n) is 3.55. The van der Waals surface area contributed by atoms with Crippen LogP contribution >= 0.6 is 0 Å². The molecule has 3 unspecified atom stereocenters. The fraction of sp³-hybridized carbons (Fsp3) is 0.632. The summed E-state index contributed by atoms with van der Waals surface area (Å²) in [5.41, 5.74) is 0.696. The predicted octanol–water partition coefficient (Wildman–Crippen LogP) is 2.51. The van der Waals surface area contributed by atoms with E-state index in [0.717, 1.165) is 25.4 Å². The number of carbonyl (C=O) groups is 2. The van der Waals surface area contributed by atoms with Gasteiger partial charge in [-0.2, -0.15) is 13.2 Å². The Morgan fingerprint density at radius 3 is 2.45 bits per heavy atom. The molecule has 29 heavy (non-hydrogen) atoms. The minimum Gasteiger partial charge on any atom is -0.475 e. The Bertz CT molecular complexity index is 712. The maximum atomic E-state index is 12.8. The Balaban J connectivity index is 0.000000298. The standard InChI is InChI=1S/C17H22N2O3.C2HF3O2/c20-17(13-5-7-18-8-6-13)19-9-10-21-15-4-3-14(19)16(15)22-11-12-1-2-12;3-2(4,5)1(6)7/h5-8,12,14-16H,1-4,9-11H2;(H,6,7). The van der Waals surface area contributed by atoms with E-state index in [1.54, 1.807) is 24.5 Å². The third kappa shape index (κ3) is 5.66. The fourth-order valence-corrected chi connectivity index (χ4v) is 3.55. The first-order valence-corrected chi connectivity index (χ1v) is 9.51. The molecule has 3 fully saturated rings. The smallest absolute Gasteiger partial charge is 0.475 e. The molecule has 1 aromatic rings. The number of aromatic nitrogens is 1. The molecule has 1 aliphatic heterocycles. The van der Waals surface area contributed by atoms with Gasteiger partial charge in [-0.3, -0.25) is 9.78 Å². The Labute approximate surface area is 165 Å². The number of hydrogen-bond donors (Lipinski definition) is 1. The summed E-state index contributed by atoms with van der Waals surface area (Å²) in [5, 5.41) is 7.12. The highest BCUT2D eigenvalue weighted by Gasteiger charge is 2.45. The number of hydrogen-bond acceptors (Lipinski definition) is 5. The molecule has 7 nitrogen and oxygen atoms in total. The lowest BCUT2D eigenvalue weighted by Crippen LogP contribution is -2.46. The molecule has 3 aliphatic rings. The van der Waals surface area contributed by atoms with Crippen molar-refractivity contribution in [2.24, 2.45) is 5.92 Å². The summed E-state index contributed by atoms with van der Waals surface area (Å²) < 4.78 is 43.8. The van der Waals surface area contributed by atoms with E-state index in [1.807, 2.05) is 4.90 Å². The number of rotatable bonds is 4. The number of carbonyl (C=O) groups excluding carboxylic acids is 1. The van der Waals surface area contributed by atoms with Crippen LogP contribution in [0.3, 0.4) is 0 Å². The van der Waals surface area contributed by atoms with Crippen LogP contribution in [0.5, 0.6) is 0 Å². The van der Waals surface area contributed by atoms with Crippen LogP contribution in [0.25, 0.3) is 0 Å². The highest BCUT2D eigenvalue weighted by Crippen LogP contribution is 2.35. The van der Waals surface area contributed by atoms with Gasteiger partial charge >= 0.3 is 12.1 Å². The molecular weight excluding hydrogens is 393 g/mol. The van der Waals surface area contributed by atoms with Crippen molar-refractivity contribution >= 4 is 11.9 Å². The molecule has 0 spiro atoms. The Morgan fingerprint density at radius 1 is 1.21 bits per heavy atom. The molecule has 2 aliphatic carbocycles. The van der Waals surface area contributed by atoms with Crippen molar-refractivity contribution in [2.45, 2.75) is 50.1 Å². The summed E-state index contributed by atoms with van der Waals surface area (Å²) in [6, 6.07) is 3.70. The second-order valence-electron chi connectivity index (χ2n) is 7.33. The van der Waals surface area contributed by atoms with Crippen LogP contribution < -0.4 is 0 Å². The molecule has 1 amide bonds. The van der Waals surface area contributed by atoms with Gasteiger partial charge in [0, 0.05) is 31.1 Å². The van der Waals surface area contributed by atoms with E-state index in [4.69, 9.17) is 19.4 Å². The van der Waals surface area contributed by atoms with Crippen molar-refractivity contribution in [2.75, 3.05) is 19.8 Å². The molecule has 1 saturated heterocycles. The predicted molar refractivity (Wildman–Crippen MR) is 94.2 cm³/mol. The van der Waals surface area contributed by atoms with Crippen molar-refractivity contribution < 1.29 is 37.3 Å². The largest absolute Gasteiger partial charge is 0.490 e. The molecule has 10 heteroatoms. The van der Waals surface area contributed by atoms with Crippen LogP contribution in [0.4, 0.5) is 13.2 Å². The first-order valence-electron chi connectivity index (χ1n) is 9.51. The summed E-state index contributed by atoms with van der Waals surface area (Å²) >= 11 is 0. The number of aliphatic carboxylic acids is 1. The SMILES string of the molecule is O=C(O)C(F)(F)F.O=C(c1ccncc1)N1CCOC2CCC1C2OCC1CC1. The van der Waals surface area contributed by atoms with Crippen molar-refractivity contribution in [3.05, 3.63) is 30.1 Å². The van der Waals surface area contributed by atoms with E-state index < -0.39 is 12.1 Å². The van der Waals surface area contributed by atoms with E-state index in [9.17, 15) is 18.0 Å². The third-order valence-corrected chi connectivity index (χ3v) is 5.21. The van der Waals surface area contributed by atoms with Crippen LogP contribution in [-0.4, -0.2) is 71.1 Å². The highest BCUT2D eigenvalue weighted by atomic mass is 19.4. The van der Waals surface area contributed by atoms with Gasteiger partial charge in [0.2, 0.25) is 0 Å². The van der Waals surface area contributed by atoms with Crippen LogP contribution in [-0.2, 0) is 14.3 Å². The second kappa shape index (κ2) is 9.08. The van der Waals surface area contributed by atoms with E-state index in [0.29, 0.717) is 18.7 Å². The minimum atomic E-state index is -5.08. The van der Waals surface area contributed by atoms with E-state index in [1.165, 1.54) is 12.8 Å². The van der Waals surface area contributed by atoms with Crippen molar-refractivity contribution in [1.82, 2.24) is 9.88 Å². The average Bonchev–Trinajstić information content (AvgIpc) is 3.44. The van der Waals surface area contributed by atoms with Gasteiger partial charge in [-0.1, -0.05) is 0 Å². The summed E-state index contributed by atoms with van der Waals surface area (Å²) in [7, 11) is 0. The zero-order valence-corrected chi connectivity index (χ0v) is 15.7. The van der Waals surface area contributed by atoms with E-state index in [-0.39, 0.29) is 24.2 Å². The zero-order chi connectivity index (χ0) is 21.0. The number of carboxylic acids is 1. The molecule has 2 heterocycles. The summed E-state index contributed by atoms with van der Waals surface area (Å²) in [6.07, 6.45) is 2.95. The molecule has 2 saturated carbocycles. The topological polar surface area (TPSA) is 89.0 Å². The summed E-state index contributed by atoms with van der Waals surface area (Å²) in [6.45, 7) is 2.06. The van der Waals surface area contributed by atoms with Gasteiger partial charge in [0.05, 0.1) is 18.8 Å². The van der Waals surface area contributed by atoms with Crippen molar-refractivity contribution in [3.8, 4) is 0 Å². The molecular formula is C19H23F3N2O5. The normalized spacial score (nSPS) is 26.3. The Kier molecular flexibility index (Phi) is 6.74. The molecule has 160 valence electrons. The monoisotopic (exact) mass is 416 g/mol. The molecule has 3 atom stereocenters. The minimum absolute atomic E-state index is 0.0360. The number of carboxylic acid groups (broad SMARTS) is 1. The number of alkyl halides is 3. The highest BCUT2D eigenvalue weighted by molar-refractivity contribution is 5.94. The molecule has 2 bridgehead atoms. The summed E-state index contributed by atoms with van der Waals surface area (Å²) in [4.78, 5) is 27.7. The number of amides is 1. The number of halogens is 3. The lowest BCUT2D eigenvalue weighted by molar-refractivity contribution is -0.192. The average molecular weight is 416 g/mol. The molecule has 1 N–H and O–H groups in total. The molecule has 0 aromatic carbocycles. The molecule has 1 aromatic heterocycles.